The second kappa shape index (κ2) is 6.50. The van der Waals surface area contributed by atoms with Gasteiger partial charge in [0.05, 0.1) is 12.2 Å². The molecule has 2 aliphatic carbocycles. The number of fused-ring (bicyclic) bond motifs is 3. The van der Waals surface area contributed by atoms with Gasteiger partial charge < -0.3 is 9.64 Å². The largest absolute Gasteiger partial charge is 0.380 e. The van der Waals surface area contributed by atoms with E-state index < -0.39 is 0 Å². The fourth-order valence-corrected chi connectivity index (χ4v) is 3.50. The lowest BCUT2D eigenvalue weighted by atomic mass is 9.79. The molecule has 0 spiro atoms. The predicted octanol–water partition coefficient (Wildman–Crippen LogP) is 3.15. The standard InChI is InChI=1S/C21H21N3O2/c1-24(2)21-22-18-15-9-4-5-10-16(15)20(25)17(19(18)23-21)14-8-6-7-13(11-14)12-26-3/h6-11H,4-5,12H2,1-3H3. The molecule has 1 heterocycles. The molecule has 4 rings (SSSR count). The van der Waals surface area contributed by atoms with Crippen LogP contribution >= 0.6 is 0 Å². The van der Waals surface area contributed by atoms with Crippen molar-refractivity contribution in [1.29, 1.82) is 0 Å². The molecular formula is C21H21N3O2. The molecule has 1 aromatic rings. The average Bonchev–Trinajstić information content (AvgIpc) is 3.08. The summed E-state index contributed by atoms with van der Waals surface area (Å²) in [5, 5.41) is 0. The summed E-state index contributed by atoms with van der Waals surface area (Å²) >= 11 is 0. The van der Waals surface area contributed by atoms with Crippen molar-refractivity contribution in [3.05, 3.63) is 64.4 Å². The van der Waals surface area contributed by atoms with E-state index in [-0.39, 0.29) is 5.78 Å². The van der Waals surface area contributed by atoms with Crippen molar-refractivity contribution in [3.8, 4) is 0 Å². The fourth-order valence-electron chi connectivity index (χ4n) is 3.50. The van der Waals surface area contributed by atoms with Crippen LogP contribution in [0.1, 0.15) is 24.0 Å². The highest BCUT2D eigenvalue weighted by molar-refractivity contribution is 6.45. The van der Waals surface area contributed by atoms with E-state index in [0.717, 1.165) is 40.8 Å². The monoisotopic (exact) mass is 347 g/mol. The lowest BCUT2D eigenvalue weighted by Gasteiger charge is -2.24. The van der Waals surface area contributed by atoms with Gasteiger partial charge in [-0.15, -0.1) is 0 Å². The number of allylic oxidation sites excluding steroid dienone is 5. The van der Waals surface area contributed by atoms with Gasteiger partial charge in [0.25, 0.3) is 0 Å². The van der Waals surface area contributed by atoms with Crippen LogP contribution < -0.4 is 0 Å². The van der Waals surface area contributed by atoms with Crippen LogP contribution in [-0.2, 0) is 16.1 Å². The highest BCUT2D eigenvalue weighted by Crippen LogP contribution is 2.39. The molecule has 5 nitrogen and oxygen atoms in total. The Bertz CT molecular complexity index is 946. The Morgan fingerprint density at radius 1 is 1.12 bits per heavy atom. The fraction of sp³-hybridized carbons (Fsp3) is 0.286. The number of aliphatic imine (C=N–C) groups is 2. The van der Waals surface area contributed by atoms with E-state index >= 15 is 0 Å². The van der Waals surface area contributed by atoms with Gasteiger partial charge in [0.15, 0.2) is 5.78 Å². The number of methoxy groups -OCH3 is 1. The number of benzene rings is 1. The van der Waals surface area contributed by atoms with Crippen LogP contribution in [0.15, 0.2) is 63.2 Å². The first kappa shape index (κ1) is 16.7. The van der Waals surface area contributed by atoms with Crippen molar-refractivity contribution in [1.82, 2.24) is 4.90 Å². The average molecular weight is 347 g/mol. The minimum atomic E-state index is 0.0308. The van der Waals surface area contributed by atoms with Crippen molar-refractivity contribution in [2.45, 2.75) is 19.4 Å². The van der Waals surface area contributed by atoms with Gasteiger partial charge in [-0.1, -0.05) is 30.4 Å². The topological polar surface area (TPSA) is 54.3 Å². The number of ether oxygens (including phenoxy) is 1. The van der Waals surface area contributed by atoms with Crippen molar-refractivity contribution in [2.24, 2.45) is 9.98 Å². The van der Waals surface area contributed by atoms with E-state index in [2.05, 4.69) is 11.1 Å². The molecule has 0 atom stereocenters. The second-order valence-corrected chi connectivity index (χ2v) is 6.77. The summed E-state index contributed by atoms with van der Waals surface area (Å²) in [5.41, 5.74) is 5.68. The number of nitrogens with zero attached hydrogens (tertiary/aromatic N) is 3. The number of carbonyl (C=O) groups excluding carboxylic acids is 1. The molecule has 0 fully saturated rings. The Hall–Kier alpha value is -2.79. The third kappa shape index (κ3) is 2.65. The minimum absolute atomic E-state index is 0.0308. The van der Waals surface area contributed by atoms with Crippen LogP contribution in [0.5, 0.6) is 0 Å². The zero-order chi connectivity index (χ0) is 18.3. The minimum Gasteiger partial charge on any atom is -0.380 e. The Morgan fingerprint density at radius 2 is 1.88 bits per heavy atom. The zero-order valence-electron chi connectivity index (χ0n) is 15.2. The molecule has 0 unspecified atom stereocenters. The molecule has 5 heteroatoms. The van der Waals surface area contributed by atoms with Crippen LogP contribution in [0, 0.1) is 0 Å². The molecule has 0 bridgehead atoms. The van der Waals surface area contributed by atoms with Gasteiger partial charge in [-0.2, -0.15) is 0 Å². The third-order valence-corrected chi connectivity index (χ3v) is 4.69. The Morgan fingerprint density at radius 3 is 2.62 bits per heavy atom. The molecule has 0 amide bonds. The van der Waals surface area contributed by atoms with E-state index in [0.29, 0.717) is 23.8 Å². The molecule has 3 aliphatic rings. The summed E-state index contributed by atoms with van der Waals surface area (Å²) < 4.78 is 5.24. The third-order valence-electron chi connectivity index (χ3n) is 4.69. The number of ketones is 1. The number of rotatable bonds is 3. The van der Waals surface area contributed by atoms with Crippen LogP contribution in [0.25, 0.3) is 5.57 Å². The van der Waals surface area contributed by atoms with Gasteiger partial charge in [-0.25, -0.2) is 9.98 Å². The number of carbonyl (C=O) groups is 1. The number of hydrogen-bond acceptors (Lipinski definition) is 5. The van der Waals surface area contributed by atoms with E-state index in [1.807, 2.05) is 49.3 Å². The van der Waals surface area contributed by atoms with E-state index in [9.17, 15) is 4.79 Å². The summed E-state index contributed by atoms with van der Waals surface area (Å²) in [6.45, 7) is 0.506. The Kier molecular flexibility index (Phi) is 4.17. The smallest absolute Gasteiger partial charge is 0.226 e. The quantitative estimate of drug-likeness (QED) is 0.844. The maximum atomic E-state index is 13.3. The summed E-state index contributed by atoms with van der Waals surface area (Å²) in [6.07, 6.45) is 5.95. The Balaban J connectivity index is 1.94. The SMILES string of the molecule is COCc1cccc(C2=C3N=C(N(C)C)N=C3C3=CCCC=C3C2=O)c1. The van der Waals surface area contributed by atoms with Crippen molar-refractivity contribution >= 4 is 23.0 Å². The zero-order valence-corrected chi connectivity index (χ0v) is 15.2. The molecule has 132 valence electrons. The predicted molar refractivity (Wildman–Crippen MR) is 103 cm³/mol. The first-order valence-electron chi connectivity index (χ1n) is 8.73. The molecule has 0 aromatic heterocycles. The van der Waals surface area contributed by atoms with Gasteiger partial charge in [0.2, 0.25) is 5.96 Å². The summed E-state index contributed by atoms with van der Waals surface area (Å²) in [6, 6.07) is 7.91. The summed E-state index contributed by atoms with van der Waals surface area (Å²) in [5.74, 6) is 0.657. The highest BCUT2D eigenvalue weighted by Gasteiger charge is 2.37. The molecule has 0 radical (unpaired) electrons. The second-order valence-electron chi connectivity index (χ2n) is 6.77. The first-order valence-corrected chi connectivity index (χ1v) is 8.73. The van der Waals surface area contributed by atoms with E-state index in [1.165, 1.54) is 0 Å². The first-order chi connectivity index (χ1) is 12.6. The summed E-state index contributed by atoms with van der Waals surface area (Å²) in [4.78, 5) is 24.6. The van der Waals surface area contributed by atoms with Gasteiger partial charge in [0.1, 0.15) is 11.4 Å². The molecule has 26 heavy (non-hydrogen) atoms. The number of guanidine groups is 1. The number of hydrogen-bond donors (Lipinski definition) is 0. The van der Waals surface area contributed by atoms with Crippen molar-refractivity contribution in [2.75, 3.05) is 21.2 Å². The molecular weight excluding hydrogens is 326 g/mol. The summed E-state index contributed by atoms with van der Waals surface area (Å²) in [7, 11) is 5.49. The maximum Gasteiger partial charge on any atom is 0.226 e. The lowest BCUT2D eigenvalue weighted by Crippen LogP contribution is -2.23. The van der Waals surface area contributed by atoms with Crippen LogP contribution in [0.2, 0.25) is 0 Å². The molecule has 1 aliphatic heterocycles. The van der Waals surface area contributed by atoms with E-state index in [4.69, 9.17) is 9.73 Å². The molecule has 0 saturated carbocycles. The molecule has 0 saturated heterocycles. The van der Waals surface area contributed by atoms with Crippen molar-refractivity contribution < 1.29 is 9.53 Å². The lowest BCUT2D eigenvalue weighted by molar-refractivity contribution is -0.110. The van der Waals surface area contributed by atoms with Crippen LogP contribution in [0.3, 0.4) is 0 Å². The Labute approximate surface area is 153 Å². The van der Waals surface area contributed by atoms with Crippen LogP contribution in [0.4, 0.5) is 0 Å². The van der Waals surface area contributed by atoms with Gasteiger partial charge in [0, 0.05) is 32.4 Å². The normalized spacial score (nSPS) is 18.7. The maximum absolute atomic E-state index is 13.3. The van der Waals surface area contributed by atoms with Crippen molar-refractivity contribution in [3.63, 3.8) is 0 Å². The van der Waals surface area contributed by atoms with Gasteiger partial charge >= 0.3 is 0 Å². The van der Waals surface area contributed by atoms with Gasteiger partial charge in [-0.3, -0.25) is 4.79 Å². The number of Topliss-reactive ketones (excluding diaryl/α,β-unsaturated/α-hetero) is 1. The molecule has 1 aromatic carbocycles. The highest BCUT2D eigenvalue weighted by atomic mass is 16.5. The van der Waals surface area contributed by atoms with Crippen LogP contribution in [-0.4, -0.2) is 43.6 Å². The molecule has 0 N–H and O–H groups in total. The van der Waals surface area contributed by atoms with Gasteiger partial charge in [-0.05, 0) is 30.0 Å². The van der Waals surface area contributed by atoms with E-state index in [1.54, 1.807) is 7.11 Å².